The monoisotopic (exact) mass is 422 g/mol. The smallest absolute Gasteiger partial charge is 0.265 e. The highest BCUT2D eigenvalue weighted by Crippen LogP contribution is 2.21. The van der Waals surface area contributed by atoms with Crippen LogP contribution in [0.25, 0.3) is 0 Å². The van der Waals surface area contributed by atoms with Crippen LogP contribution < -0.4 is 9.44 Å². The van der Waals surface area contributed by atoms with Gasteiger partial charge in [-0.1, -0.05) is 0 Å². The predicted molar refractivity (Wildman–Crippen MR) is 103 cm³/mol. The minimum Gasteiger partial charge on any atom is -0.280 e. The van der Waals surface area contributed by atoms with Crippen molar-refractivity contribution in [1.82, 2.24) is 19.7 Å². The van der Waals surface area contributed by atoms with Gasteiger partial charge in [-0.3, -0.25) is 14.1 Å². The number of anilines is 2. The lowest BCUT2D eigenvalue weighted by Crippen LogP contribution is -2.15. The topological polar surface area (TPSA) is 136 Å². The Bertz CT molecular complexity index is 1220. The van der Waals surface area contributed by atoms with Crippen LogP contribution in [0.1, 0.15) is 11.5 Å². The highest BCUT2D eigenvalue weighted by Gasteiger charge is 2.21. The molecule has 0 unspecified atom stereocenters. The summed E-state index contributed by atoms with van der Waals surface area (Å²) in [6.07, 6.45) is 2.84. The van der Waals surface area contributed by atoms with Crippen molar-refractivity contribution in [3.63, 3.8) is 0 Å². The van der Waals surface area contributed by atoms with E-state index in [0.29, 0.717) is 11.5 Å². The number of sulfonamides is 2. The zero-order valence-electron chi connectivity index (χ0n) is 15.3. The summed E-state index contributed by atoms with van der Waals surface area (Å²) >= 11 is 0. The van der Waals surface area contributed by atoms with Crippen molar-refractivity contribution in [3.8, 4) is 0 Å². The van der Waals surface area contributed by atoms with E-state index in [1.54, 1.807) is 20.9 Å². The number of nitrogens with one attached hydrogen (secondary N) is 2. The van der Waals surface area contributed by atoms with Gasteiger partial charge in [-0.2, -0.15) is 5.10 Å². The van der Waals surface area contributed by atoms with Crippen molar-refractivity contribution in [3.05, 3.63) is 54.2 Å². The van der Waals surface area contributed by atoms with Crippen LogP contribution in [0.3, 0.4) is 0 Å². The molecule has 2 N–H and O–H groups in total. The van der Waals surface area contributed by atoms with Gasteiger partial charge in [0.25, 0.3) is 20.0 Å². The molecule has 2 heterocycles. The molecule has 12 heteroatoms. The molecule has 0 aliphatic heterocycles. The van der Waals surface area contributed by atoms with Crippen LogP contribution in [0.5, 0.6) is 0 Å². The normalized spacial score (nSPS) is 12.0. The van der Waals surface area contributed by atoms with E-state index in [0.717, 1.165) is 0 Å². The molecule has 0 fully saturated rings. The summed E-state index contributed by atoms with van der Waals surface area (Å²) in [5.74, 6) is 0.569. The molecule has 2 aromatic heterocycles. The summed E-state index contributed by atoms with van der Waals surface area (Å²) in [6.45, 7) is 3.23. The maximum absolute atomic E-state index is 12.5. The first-order valence-electron chi connectivity index (χ1n) is 8.02. The number of hydrogen-bond acceptors (Lipinski definition) is 7. The molecule has 3 rings (SSSR count). The van der Waals surface area contributed by atoms with Gasteiger partial charge in [0.2, 0.25) is 0 Å². The lowest BCUT2D eigenvalue weighted by molar-refractivity contribution is 0.599. The first-order chi connectivity index (χ1) is 13.1. The van der Waals surface area contributed by atoms with Crippen LogP contribution in [-0.4, -0.2) is 36.6 Å². The average molecular weight is 422 g/mol. The van der Waals surface area contributed by atoms with Crippen LogP contribution in [0.4, 0.5) is 11.5 Å². The zero-order chi connectivity index (χ0) is 20.5. The molecule has 0 atom stereocenters. The fraction of sp³-hybridized carbons (Fsp3) is 0.188. The summed E-state index contributed by atoms with van der Waals surface area (Å²) < 4.78 is 56.0. The van der Waals surface area contributed by atoms with Gasteiger partial charge in [0.05, 0.1) is 10.6 Å². The maximum atomic E-state index is 12.5. The number of nitrogens with zero attached hydrogens (tertiary/aromatic N) is 4. The van der Waals surface area contributed by atoms with Crippen molar-refractivity contribution >= 4 is 31.6 Å². The van der Waals surface area contributed by atoms with Crippen LogP contribution >= 0.6 is 0 Å². The van der Waals surface area contributed by atoms with E-state index in [4.69, 9.17) is 0 Å². The number of aryl methyl sites for hydroxylation is 3. The maximum Gasteiger partial charge on any atom is 0.265 e. The molecule has 1 aromatic carbocycles. The second-order valence-electron chi connectivity index (χ2n) is 5.98. The lowest BCUT2D eigenvalue weighted by atomic mass is 10.3. The van der Waals surface area contributed by atoms with E-state index in [9.17, 15) is 16.8 Å². The SMILES string of the molecule is Cc1nccc(NS(=O)(=O)c2ccc(NS(=O)(=O)c3cn(C)nc3C)cc2)n1. The van der Waals surface area contributed by atoms with Gasteiger partial charge in [0.15, 0.2) is 0 Å². The van der Waals surface area contributed by atoms with E-state index < -0.39 is 20.0 Å². The summed E-state index contributed by atoms with van der Waals surface area (Å²) in [4.78, 5) is 7.91. The molecule has 0 aliphatic rings. The zero-order valence-corrected chi connectivity index (χ0v) is 16.9. The van der Waals surface area contributed by atoms with Crippen molar-refractivity contribution in [2.24, 2.45) is 7.05 Å². The molecular formula is C16H18N6O4S2. The standard InChI is InChI=1S/C16H18N6O4S2/c1-11-15(10-22(3)19-11)28(25,26)20-13-4-6-14(7-5-13)27(23,24)21-16-8-9-17-12(2)18-16/h4-10,20H,1-3H3,(H,17,18,21). The molecule has 10 nitrogen and oxygen atoms in total. The van der Waals surface area contributed by atoms with Crippen molar-refractivity contribution in [1.29, 1.82) is 0 Å². The average Bonchev–Trinajstić information content (AvgIpc) is 2.94. The van der Waals surface area contributed by atoms with E-state index >= 15 is 0 Å². The van der Waals surface area contributed by atoms with E-state index in [1.807, 2.05) is 0 Å². The van der Waals surface area contributed by atoms with E-state index in [2.05, 4.69) is 24.5 Å². The minimum atomic E-state index is -3.88. The van der Waals surface area contributed by atoms with Crippen LogP contribution in [0.15, 0.2) is 52.5 Å². The van der Waals surface area contributed by atoms with Crippen LogP contribution in [-0.2, 0) is 27.1 Å². The van der Waals surface area contributed by atoms with Gasteiger partial charge in [0, 0.05) is 25.1 Å². The molecule has 0 spiro atoms. The van der Waals surface area contributed by atoms with Gasteiger partial charge in [-0.25, -0.2) is 26.8 Å². The summed E-state index contributed by atoms with van der Waals surface area (Å²) in [5.41, 5.74) is 0.582. The van der Waals surface area contributed by atoms with Gasteiger partial charge in [-0.05, 0) is 44.2 Å². The van der Waals surface area contributed by atoms with Crippen molar-refractivity contribution in [2.75, 3.05) is 9.44 Å². The Morgan fingerprint density at radius 2 is 1.61 bits per heavy atom. The molecule has 148 valence electrons. The molecule has 0 radical (unpaired) electrons. The Labute approximate surface area is 162 Å². The van der Waals surface area contributed by atoms with Gasteiger partial charge in [-0.15, -0.1) is 0 Å². The first kappa shape index (κ1) is 19.8. The molecule has 0 saturated carbocycles. The van der Waals surface area contributed by atoms with Gasteiger partial charge >= 0.3 is 0 Å². The fourth-order valence-electron chi connectivity index (χ4n) is 2.46. The second-order valence-corrected chi connectivity index (χ2v) is 9.31. The van der Waals surface area contributed by atoms with E-state index in [-0.39, 0.29) is 21.3 Å². The molecule has 0 aliphatic carbocycles. The summed E-state index contributed by atoms with van der Waals surface area (Å²) in [6, 6.07) is 6.75. The summed E-state index contributed by atoms with van der Waals surface area (Å²) in [7, 11) is -6.09. The number of aromatic nitrogens is 4. The van der Waals surface area contributed by atoms with Crippen LogP contribution in [0.2, 0.25) is 0 Å². The third-order valence-corrected chi connectivity index (χ3v) is 6.54. The Kier molecular flexibility index (Phi) is 5.08. The molecule has 3 aromatic rings. The fourth-order valence-corrected chi connectivity index (χ4v) is 4.74. The predicted octanol–water partition coefficient (Wildman–Crippen LogP) is 1.43. The minimum absolute atomic E-state index is 0.0377. The highest BCUT2D eigenvalue weighted by atomic mass is 32.2. The molecular weight excluding hydrogens is 404 g/mol. The number of rotatable bonds is 6. The van der Waals surface area contributed by atoms with Crippen molar-refractivity contribution < 1.29 is 16.8 Å². The largest absolute Gasteiger partial charge is 0.280 e. The lowest BCUT2D eigenvalue weighted by Gasteiger charge is -2.10. The number of hydrogen-bond donors (Lipinski definition) is 2. The highest BCUT2D eigenvalue weighted by molar-refractivity contribution is 7.93. The molecule has 0 bridgehead atoms. The van der Waals surface area contributed by atoms with E-state index in [1.165, 1.54) is 47.4 Å². The number of benzene rings is 1. The van der Waals surface area contributed by atoms with Crippen LogP contribution in [0, 0.1) is 13.8 Å². The Hall–Kier alpha value is -2.99. The van der Waals surface area contributed by atoms with Crippen molar-refractivity contribution in [2.45, 2.75) is 23.6 Å². The Morgan fingerprint density at radius 3 is 2.18 bits per heavy atom. The quantitative estimate of drug-likeness (QED) is 0.613. The Morgan fingerprint density at radius 1 is 0.929 bits per heavy atom. The first-order valence-corrected chi connectivity index (χ1v) is 11.0. The third kappa shape index (κ3) is 4.28. The van der Waals surface area contributed by atoms with Gasteiger partial charge < -0.3 is 0 Å². The molecule has 0 saturated heterocycles. The summed E-state index contributed by atoms with van der Waals surface area (Å²) in [5, 5.41) is 4.01. The van der Waals surface area contributed by atoms with Gasteiger partial charge in [0.1, 0.15) is 16.5 Å². The third-order valence-electron chi connectivity index (χ3n) is 3.69. The Balaban J connectivity index is 1.80. The molecule has 28 heavy (non-hydrogen) atoms. The second kappa shape index (κ2) is 7.20. The molecule has 0 amide bonds.